The molecule has 2 rings (SSSR count). The Labute approximate surface area is 139 Å². The highest BCUT2D eigenvalue weighted by Crippen LogP contribution is 2.30. The lowest BCUT2D eigenvalue weighted by molar-refractivity contribution is -0.384. The van der Waals surface area contributed by atoms with Crippen LogP contribution in [0.2, 0.25) is 0 Å². The van der Waals surface area contributed by atoms with Crippen LogP contribution in [0.3, 0.4) is 0 Å². The van der Waals surface area contributed by atoms with Crippen LogP contribution in [0.15, 0.2) is 48.5 Å². The number of thiocarbonyl (C=S) groups is 1. The number of ether oxygens (including phenoxy) is 1. The lowest BCUT2D eigenvalue weighted by Crippen LogP contribution is -2.31. The summed E-state index contributed by atoms with van der Waals surface area (Å²) in [5.74, 6) is 0. The average Bonchev–Trinajstić information content (AvgIpc) is 2.56. The van der Waals surface area contributed by atoms with E-state index in [1.165, 1.54) is 6.07 Å². The van der Waals surface area contributed by atoms with E-state index in [4.69, 9.17) is 17.0 Å². The quantitative estimate of drug-likeness (QED) is 0.366. The predicted octanol–water partition coefficient (Wildman–Crippen LogP) is 3.19. The molecule has 2 aromatic carbocycles. The summed E-state index contributed by atoms with van der Waals surface area (Å²) in [6.45, 7) is 1.19. The van der Waals surface area contributed by atoms with Crippen molar-refractivity contribution in [2.75, 3.05) is 25.6 Å². The number of nitrogens with one attached hydrogen (secondary N) is 2. The molecule has 0 bridgehead atoms. The van der Waals surface area contributed by atoms with Crippen LogP contribution < -0.4 is 10.6 Å². The zero-order valence-electron chi connectivity index (χ0n) is 12.6. The Bertz CT molecular complexity index is 689. The van der Waals surface area contributed by atoms with E-state index in [2.05, 4.69) is 10.6 Å². The minimum atomic E-state index is -0.379. The Morgan fingerprint density at radius 2 is 1.91 bits per heavy atom. The van der Waals surface area contributed by atoms with Crippen molar-refractivity contribution in [3.63, 3.8) is 0 Å². The number of hydrogen-bond donors (Lipinski definition) is 2. The van der Waals surface area contributed by atoms with Gasteiger partial charge in [-0.3, -0.25) is 10.1 Å². The van der Waals surface area contributed by atoms with Crippen LogP contribution in [0.25, 0.3) is 11.1 Å². The van der Waals surface area contributed by atoms with Crippen LogP contribution in [0, 0.1) is 10.1 Å². The largest absolute Gasteiger partial charge is 0.383 e. The molecule has 0 aromatic heterocycles. The first-order valence-corrected chi connectivity index (χ1v) is 7.40. The molecule has 0 radical (unpaired) electrons. The first kappa shape index (κ1) is 16.9. The average molecular weight is 331 g/mol. The number of rotatable bonds is 6. The molecular weight excluding hydrogens is 314 g/mol. The first-order valence-electron chi connectivity index (χ1n) is 6.99. The molecule has 120 valence electrons. The van der Waals surface area contributed by atoms with Crippen molar-refractivity contribution in [1.29, 1.82) is 0 Å². The molecule has 0 saturated heterocycles. The van der Waals surface area contributed by atoms with E-state index in [1.54, 1.807) is 25.3 Å². The molecular formula is C16H17N3O3S. The van der Waals surface area contributed by atoms with Gasteiger partial charge in [0, 0.05) is 25.4 Å². The van der Waals surface area contributed by atoms with Crippen LogP contribution in [-0.4, -0.2) is 30.3 Å². The van der Waals surface area contributed by atoms with E-state index in [9.17, 15) is 10.1 Å². The molecule has 2 N–H and O–H groups in total. The number of nitro benzene ring substituents is 1. The number of nitrogens with zero attached hydrogens (tertiary/aromatic N) is 1. The minimum Gasteiger partial charge on any atom is -0.383 e. The standard InChI is InChI=1S/C16H17N3O3S/c1-22-11-10-17-16(23)18-13-8-6-12(7-9-13)14-4-2-3-5-15(14)19(20)21/h2-9H,10-11H2,1H3,(H2,17,18,23). The zero-order valence-corrected chi connectivity index (χ0v) is 13.4. The topological polar surface area (TPSA) is 76.4 Å². The number of anilines is 1. The molecule has 7 heteroatoms. The van der Waals surface area contributed by atoms with Crippen molar-refractivity contribution >= 4 is 28.7 Å². The molecule has 23 heavy (non-hydrogen) atoms. The summed E-state index contributed by atoms with van der Waals surface area (Å²) in [7, 11) is 1.62. The van der Waals surface area contributed by atoms with Gasteiger partial charge in [-0.25, -0.2) is 0 Å². The highest BCUT2D eigenvalue weighted by molar-refractivity contribution is 7.80. The first-order chi connectivity index (χ1) is 11.1. The van der Waals surface area contributed by atoms with Gasteiger partial charge >= 0.3 is 0 Å². The maximum Gasteiger partial charge on any atom is 0.277 e. The second kappa shape index (κ2) is 8.21. The molecule has 0 unspecified atom stereocenters. The third-order valence-electron chi connectivity index (χ3n) is 3.15. The highest BCUT2D eigenvalue weighted by atomic mass is 32.1. The molecule has 2 aromatic rings. The van der Waals surface area contributed by atoms with Crippen LogP contribution >= 0.6 is 12.2 Å². The van der Waals surface area contributed by atoms with Gasteiger partial charge < -0.3 is 15.4 Å². The lowest BCUT2D eigenvalue weighted by Gasteiger charge is -2.10. The molecule has 0 aliphatic carbocycles. The van der Waals surface area contributed by atoms with Gasteiger partial charge in [-0.1, -0.05) is 24.3 Å². The van der Waals surface area contributed by atoms with Crippen LogP contribution in [-0.2, 0) is 4.74 Å². The third kappa shape index (κ3) is 4.73. The smallest absolute Gasteiger partial charge is 0.277 e. The SMILES string of the molecule is COCCNC(=S)Nc1ccc(-c2ccccc2[N+](=O)[O-])cc1. The summed E-state index contributed by atoms with van der Waals surface area (Å²) in [4.78, 5) is 10.7. The van der Waals surface area contributed by atoms with Gasteiger partial charge in [0.2, 0.25) is 0 Å². The maximum absolute atomic E-state index is 11.1. The molecule has 0 saturated carbocycles. The monoisotopic (exact) mass is 331 g/mol. The van der Waals surface area contributed by atoms with Crippen molar-refractivity contribution in [2.45, 2.75) is 0 Å². The fourth-order valence-corrected chi connectivity index (χ4v) is 2.27. The molecule has 6 nitrogen and oxygen atoms in total. The van der Waals surface area contributed by atoms with E-state index in [-0.39, 0.29) is 10.6 Å². The fourth-order valence-electron chi connectivity index (χ4n) is 2.05. The molecule has 0 fully saturated rings. The van der Waals surface area contributed by atoms with Gasteiger partial charge in [0.15, 0.2) is 5.11 Å². The summed E-state index contributed by atoms with van der Waals surface area (Å²) in [6.07, 6.45) is 0. The molecule has 0 spiro atoms. The Kier molecular flexibility index (Phi) is 6.02. The normalized spacial score (nSPS) is 10.1. The third-order valence-corrected chi connectivity index (χ3v) is 3.39. The maximum atomic E-state index is 11.1. The molecule has 0 atom stereocenters. The van der Waals surface area contributed by atoms with Gasteiger partial charge in [-0.15, -0.1) is 0 Å². The van der Waals surface area contributed by atoms with Crippen molar-refractivity contribution in [3.8, 4) is 11.1 Å². The number of methoxy groups -OCH3 is 1. The Balaban J connectivity index is 2.08. The number of benzene rings is 2. The summed E-state index contributed by atoms with van der Waals surface area (Å²) in [6, 6.07) is 14.0. The van der Waals surface area contributed by atoms with Crippen LogP contribution in [0.1, 0.15) is 0 Å². The fraction of sp³-hybridized carbons (Fsp3) is 0.188. The summed E-state index contributed by atoms with van der Waals surface area (Å²) < 4.78 is 4.93. The van der Waals surface area contributed by atoms with E-state index >= 15 is 0 Å². The van der Waals surface area contributed by atoms with E-state index in [0.29, 0.717) is 23.8 Å². The highest BCUT2D eigenvalue weighted by Gasteiger charge is 2.13. The Hall–Kier alpha value is -2.51. The van der Waals surface area contributed by atoms with Gasteiger partial charge in [0.25, 0.3) is 5.69 Å². The van der Waals surface area contributed by atoms with Crippen molar-refractivity contribution < 1.29 is 9.66 Å². The van der Waals surface area contributed by atoms with Gasteiger partial charge in [0.1, 0.15) is 0 Å². The minimum absolute atomic E-state index is 0.0879. The number of nitro groups is 1. The van der Waals surface area contributed by atoms with Gasteiger partial charge in [-0.2, -0.15) is 0 Å². The van der Waals surface area contributed by atoms with Gasteiger partial charge in [-0.05, 0) is 36.0 Å². The van der Waals surface area contributed by atoms with Crippen molar-refractivity contribution in [2.24, 2.45) is 0 Å². The molecule has 0 aliphatic heterocycles. The second-order valence-corrected chi connectivity index (χ2v) is 5.13. The number of hydrogen-bond acceptors (Lipinski definition) is 4. The zero-order chi connectivity index (χ0) is 16.7. The molecule has 0 heterocycles. The summed E-state index contributed by atoms with van der Waals surface area (Å²) >= 11 is 5.16. The molecule has 0 aliphatic rings. The van der Waals surface area contributed by atoms with E-state index in [1.807, 2.05) is 24.3 Å². The summed E-state index contributed by atoms with van der Waals surface area (Å²) in [5, 5.41) is 17.6. The number of para-hydroxylation sites is 1. The predicted molar refractivity (Wildman–Crippen MR) is 94.6 cm³/mol. The van der Waals surface area contributed by atoms with Crippen LogP contribution in [0.5, 0.6) is 0 Å². The van der Waals surface area contributed by atoms with E-state index < -0.39 is 0 Å². The van der Waals surface area contributed by atoms with Crippen molar-refractivity contribution in [3.05, 3.63) is 58.6 Å². The summed E-state index contributed by atoms with van der Waals surface area (Å²) in [5.41, 5.74) is 2.26. The molecule has 0 amide bonds. The Morgan fingerprint density at radius 3 is 2.57 bits per heavy atom. The Morgan fingerprint density at radius 1 is 1.22 bits per heavy atom. The van der Waals surface area contributed by atoms with Crippen LogP contribution in [0.4, 0.5) is 11.4 Å². The second-order valence-electron chi connectivity index (χ2n) is 4.73. The lowest BCUT2D eigenvalue weighted by atomic mass is 10.0. The van der Waals surface area contributed by atoms with Gasteiger partial charge in [0.05, 0.1) is 17.1 Å². The van der Waals surface area contributed by atoms with E-state index in [0.717, 1.165) is 11.3 Å². The van der Waals surface area contributed by atoms with Crippen molar-refractivity contribution in [1.82, 2.24) is 5.32 Å².